The Bertz CT molecular complexity index is 810. The molecule has 2 amide bonds. The molecule has 2 rings (SSSR count). The molecule has 0 radical (unpaired) electrons. The van der Waals surface area contributed by atoms with Crippen molar-refractivity contribution in [2.45, 2.75) is 20.0 Å². The van der Waals surface area contributed by atoms with Crippen LogP contribution in [0.1, 0.15) is 37.8 Å². The zero-order valence-electron chi connectivity index (χ0n) is 14.7. The number of benzene rings is 1. The first-order chi connectivity index (χ1) is 12.3. The van der Waals surface area contributed by atoms with Crippen LogP contribution < -0.4 is 5.32 Å². The molecule has 0 unspecified atom stereocenters. The van der Waals surface area contributed by atoms with Crippen LogP contribution in [0.3, 0.4) is 0 Å². The predicted octanol–water partition coefficient (Wildman–Crippen LogP) is 2.41. The fourth-order valence-electron chi connectivity index (χ4n) is 2.32. The summed E-state index contributed by atoms with van der Waals surface area (Å²) >= 11 is 0. The average molecular weight is 360 g/mol. The minimum atomic E-state index is -1.000. The van der Waals surface area contributed by atoms with E-state index >= 15 is 0 Å². The van der Waals surface area contributed by atoms with Crippen LogP contribution in [-0.4, -0.2) is 42.1 Å². The number of furan rings is 1. The third-order valence-corrected chi connectivity index (χ3v) is 3.76. The number of esters is 1. The Kier molecular flexibility index (Phi) is 6.00. The molecule has 0 saturated heterocycles. The Morgan fingerprint density at radius 2 is 1.88 bits per heavy atom. The first kappa shape index (κ1) is 19.0. The molecule has 0 aliphatic rings. The quantitative estimate of drug-likeness (QED) is 0.766. The molecule has 1 aromatic carbocycles. The van der Waals surface area contributed by atoms with E-state index < -0.39 is 11.9 Å². The molecule has 0 spiro atoms. The standard InChI is InChI=1S/C18H20N2O6/c1-11-15(17(23)25-3)8-14(26-11)10-20(2)18(24)19-9-12-4-6-13(7-5-12)16(21)22/h4-8H,9-10H2,1-3H3,(H,19,24)(H,21,22). The summed E-state index contributed by atoms with van der Waals surface area (Å²) in [6, 6.07) is 7.46. The number of methoxy groups -OCH3 is 1. The number of hydrogen-bond acceptors (Lipinski definition) is 5. The minimum absolute atomic E-state index is 0.182. The van der Waals surface area contributed by atoms with Gasteiger partial charge in [0.1, 0.15) is 17.1 Å². The number of carbonyl (C=O) groups excluding carboxylic acids is 2. The lowest BCUT2D eigenvalue weighted by molar-refractivity contribution is 0.0597. The summed E-state index contributed by atoms with van der Waals surface area (Å²) in [5.74, 6) is -0.597. The predicted molar refractivity (Wildman–Crippen MR) is 91.9 cm³/mol. The van der Waals surface area contributed by atoms with Gasteiger partial charge in [-0.3, -0.25) is 0 Å². The molecule has 0 aliphatic heterocycles. The van der Waals surface area contributed by atoms with Gasteiger partial charge in [-0.1, -0.05) is 12.1 Å². The summed E-state index contributed by atoms with van der Waals surface area (Å²) in [5.41, 5.74) is 1.29. The zero-order valence-corrected chi connectivity index (χ0v) is 14.7. The van der Waals surface area contributed by atoms with Gasteiger partial charge in [0.25, 0.3) is 0 Å². The SMILES string of the molecule is COC(=O)c1cc(CN(C)C(=O)NCc2ccc(C(=O)O)cc2)oc1C. The first-order valence-electron chi connectivity index (χ1n) is 7.80. The fourth-order valence-corrected chi connectivity index (χ4v) is 2.32. The van der Waals surface area contributed by atoms with Crippen LogP contribution in [0, 0.1) is 6.92 Å². The van der Waals surface area contributed by atoms with Crippen molar-refractivity contribution < 1.29 is 28.6 Å². The third-order valence-electron chi connectivity index (χ3n) is 3.76. The van der Waals surface area contributed by atoms with Crippen LogP contribution in [0.2, 0.25) is 0 Å². The number of hydrogen-bond donors (Lipinski definition) is 2. The smallest absolute Gasteiger partial charge is 0.341 e. The van der Waals surface area contributed by atoms with E-state index in [-0.39, 0.29) is 24.7 Å². The van der Waals surface area contributed by atoms with Crippen molar-refractivity contribution in [3.63, 3.8) is 0 Å². The van der Waals surface area contributed by atoms with E-state index in [4.69, 9.17) is 9.52 Å². The maximum atomic E-state index is 12.2. The van der Waals surface area contributed by atoms with E-state index in [2.05, 4.69) is 10.1 Å². The number of urea groups is 1. The monoisotopic (exact) mass is 360 g/mol. The Morgan fingerprint density at radius 1 is 1.23 bits per heavy atom. The van der Waals surface area contributed by atoms with Crippen molar-refractivity contribution in [3.05, 3.63) is 58.5 Å². The van der Waals surface area contributed by atoms with E-state index in [1.165, 1.54) is 24.1 Å². The van der Waals surface area contributed by atoms with Gasteiger partial charge in [-0.05, 0) is 30.7 Å². The van der Waals surface area contributed by atoms with Gasteiger partial charge in [0.2, 0.25) is 0 Å². The van der Waals surface area contributed by atoms with E-state index in [0.717, 1.165) is 5.56 Å². The highest BCUT2D eigenvalue weighted by molar-refractivity contribution is 5.90. The second kappa shape index (κ2) is 8.19. The van der Waals surface area contributed by atoms with E-state index in [1.54, 1.807) is 32.2 Å². The van der Waals surface area contributed by atoms with E-state index in [1.807, 2.05) is 0 Å². The van der Waals surface area contributed by atoms with Gasteiger partial charge in [-0.2, -0.15) is 0 Å². The molecule has 138 valence electrons. The van der Waals surface area contributed by atoms with Crippen LogP contribution in [-0.2, 0) is 17.8 Å². The van der Waals surface area contributed by atoms with Crippen molar-refractivity contribution in [1.82, 2.24) is 10.2 Å². The summed E-state index contributed by atoms with van der Waals surface area (Å²) in [7, 11) is 2.88. The second-order valence-corrected chi connectivity index (χ2v) is 5.69. The molecule has 0 bridgehead atoms. The summed E-state index contributed by atoms with van der Waals surface area (Å²) in [6.07, 6.45) is 0. The Balaban J connectivity index is 1.91. The molecule has 1 heterocycles. The number of ether oxygens (including phenoxy) is 1. The van der Waals surface area contributed by atoms with Crippen molar-refractivity contribution in [2.75, 3.05) is 14.2 Å². The lowest BCUT2D eigenvalue weighted by Gasteiger charge is -2.16. The second-order valence-electron chi connectivity index (χ2n) is 5.69. The molecular weight excluding hydrogens is 340 g/mol. The van der Waals surface area contributed by atoms with Crippen molar-refractivity contribution in [3.8, 4) is 0 Å². The number of aromatic carboxylic acids is 1. The van der Waals surface area contributed by atoms with Gasteiger partial charge in [0.15, 0.2) is 0 Å². The lowest BCUT2D eigenvalue weighted by Crippen LogP contribution is -2.36. The molecule has 2 aromatic rings. The Hall–Kier alpha value is -3.29. The third kappa shape index (κ3) is 4.62. The molecule has 0 atom stereocenters. The normalized spacial score (nSPS) is 10.3. The topological polar surface area (TPSA) is 109 Å². The van der Waals surface area contributed by atoms with E-state index in [9.17, 15) is 14.4 Å². The van der Waals surface area contributed by atoms with Crippen LogP contribution in [0.25, 0.3) is 0 Å². The molecule has 1 aromatic heterocycles. The molecular formula is C18H20N2O6. The van der Waals surface area contributed by atoms with Crippen molar-refractivity contribution in [1.29, 1.82) is 0 Å². The fraction of sp³-hybridized carbons (Fsp3) is 0.278. The molecule has 0 aliphatic carbocycles. The van der Waals surface area contributed by atoms with Crippen LogP contribution in [0.5, 0.6) is 0 Å². The number of rotatable bonds is 6. The van der Waals surface area contributed by atoms with Crippen molar-refractivity contribution in [2.24, 2.45) is 0 Å². The number of aryl methyl sites for hydroxylation is 1. The number of carboxylic acid groups (broad SMARTS) is 1. The molecule has 8 nitrogen and oxygen atoms in total. The molecule has 0 saturated carbocycles. The summed E-state index contributed by atoms with van der Waals surface area (Å²) in [6.45, 7) is 2.09. The van der Waals surface area contributed by atoms with Crippen LogP contribution in [0.4, 0.5) is 4.79 Å². The molecule has 2 N–H and O–H groups in total. The lowest BCUT2D eigenvalue weighted by atomic mass is 10.1. The van der Waals surface area contributed by atoms with Crippen molar-refractivity contribution >= 4 is 18.0 Å². The number of carbonyl (C=O) groups is 3. The highest BCUT2D eigenvalue weighted by atomic mass is 16.5. The zero-order chi connectivity index (χ0) is 19.3. The molecule has 0 fully saturated rings. The van der Waals surface area contributed by atoms with Gasteiger partial charge in [0.05, 0.1) is 19.2 Å². The summed E-state index contributed by atoms with van der Waals surface area (Å²) in [5, 5.41) is 11.6. The number of carboxylic acids is 1. The Morgan fingerprint density at radius 3 is 2.46 bits per heavy atom. The minimum Gasteiger partial charge on any atom is -0.478 e. The van der Waals surface area contributed by atoms with E-state index in [0.29, 0.717) is 17.1 Å². The van der Waals surface area contributed by atoms with Gasteiger partial charge in [0, 0.05) is 13.6 Å². The average Bonchev–Trinajstić information content (AvgIpc) is 2.99. The highest BCUT2D eigenvalue weighted by Crippen LogP contribution is 2.17. The number of amides is 2. The van der Waals surface area contributed by atoms with Gasteiger partial charge < -0.3 is 24.5 Å². The van der Waals surface area contributed by atoms with Gasteiger partial charge in [-0.25, -0.2) is 14.4 Å². The summed E-state index contributed by atoms with van der Waals surface area (Å²) < 4.78 is 10.1. The van der Waals surface area contributed by atoms with Gasteiger partial charge in [-0.15, -0.1) is 0 Å². The van der Waals surface area contributed by atoms with Gasteiger partial charge >= 0.3 is 18.0 Å². The van der Waals surface area contributed by atoms with Crippen LogP contribution in [0.15, 0.2) is 34.7 Å². The first-order valence-corrected chi connectivity index (χ1v) is 7.80. The Labute approximate surface area is 150 Å². The largest absolute Gasteiger partial charge is 0.478 e. The number of nitrogens with zero attached hydrogens (tertiary/aromatic N) is 1. The highest BCUT2D eigenvalue weighted by Gasteiger charge is 2.17. The maximum Gasteiger partial charge on any atom is 0.341 e. The number of nitrogens with one attached hydrogen (secondary N) is 1. The summed E-state index contributed by atoms with van der Waals surface area (Å²) in [4.78, 5) is 36.0. The van der Waals surface area contributed by atoms with Crippen LogP contribution >= 0.6 is 0 Å². The molecule has 26 heavy (non-hydrogen) atoms. The maximum absolute atomic E-state index is 12.2. The molecule has 8 heteroatoms.